The van der Waals surface area contributed by atoms with Crippen LogP contribution in [0.4, 0.5) is 0 Å². The minimum Gasteiger partial charge on any atom is -0.485 e. The lowest BCUT2D eigenvalue weighted by Gasteiger charge is -2.24. The normalized spacial score (nSPS) is 16.6. The first-order chi connectivity index (χ1) is 9.72. The standard InChI is InChI=1S/C15H11IO4/c16-10-5-7-11(8-6-10)19-15(17)14-9-18-12-3-1-2-4-13(12)20-14/h1-8,14H,9H2/t14-/m0/s1. The Morgan fingerprint density at radius 2 is 1.80 bits per heavy atom. The van der Waals surface area contributed by atoms with Gasteiger partial charge in [0.2, 0.25) is 6.10 Å². The molecule has 0 spiro atoms. The Labute approximate surface area is 129 Å². The molecule has 0 radical (unpaired) electrons. The van der Waals surface area contributed by atoms with Crippen LogP contribution < -0.4 is 14.2 Å². The Hall–Kier alpha value is -1.76. The van der Waals surface area contributed by atoms with Crippen LogP contribution in [0.2, 0.25) is 0 Å². The van der Waals surface area contributed by atoms with Gasteiger partial charge in [0.1, 0.15) is 12.4 Å². The summed E-state index contributed by atoms with van der Waals surface area (Å²) in [5.41, 5.74) is 0. The minimum absolute atomic E-state index is 0.153. The number of hydrogen-bond acceptors (Lipinski definition) is 4. The summed E-state index contributed by atoms with van der Waals surface area (Å²) in [6.45, 7) is 0.153. The molecule has 0 aromatic heterocycles. The molecule has 0 amide bonds. The van der Waals surface area contributed by atoms with Crippen LogP contribution in [0.3, 0.4) is 0 Å². The molecule has 0 saturated heterocycles. The average Bonchev–Trinajstić information content (AvgIpc) is 2.49. The zero-order valence-electron chi connectivity index (χ0n) is 10.4. The molecule has 0 bridgehead atoms. The number of carbonyl (C=O) groups is 1. The van der Waals surface area contributed by atoms with E-state index in [0.717, 1.165) is 3.57 Å². The molecule has 102 valence electrons. The maximum absolute atomic E-state index is 12.0. The summed E-state index contributed by atoms with van der Waals surface area (Å²) >= 11 is 2.19. The summed E-state index contributed by atoms with van der Waals surface area (Å²) in [6, 6.07) is 14.5. The summed E-state index contributed by atoms with van der Waals surface area (Å²) in [5, 5.41) is 0. The average molecular weight is 382 g/mol. The number of esters is 1. The lowest BCUT2D eigenvalue weighted by atomic mass is 10.2. The summed E-state index contributed by atoms with van der Waals surface area (Å²) in [7, 11) is 0. The van der Waals surface area contributed by atoms with Gasteiger partial charge in [0.05, 0.1) is 0 Å². The third-order valence-corrected chi connectivity index (χ3v) is 3.52. The first-order valence-corrected chi connectivity index (χ1v) is 7.16. The molecule has 0 aliphatic carbocycles. The molecular formula is C15H11IO4. The van der Waals surface area contributed by atoms with Gasteiger partial charge in [-0.25, -0.2) is 4.79 Å². The van der Waals surface area contributed by atoms with E-state index in [9.17, 15) is 4.79 Å². The van der Waals surface area contributed by atoms with E-state index in [0.29, 0.717) is 17.2 Å². The second-order valence-corrected chi connectivity index (χ2v) is 5.48. The highest BCUT2D eigenvalue weighted by Crippen LogP contribution is 2.31. The van der Waals surface area contributed by atoms with E-state index < -0.39 is 12.1 Å². The molecule has 1 heterocycles. The fourth-order valence-electron chi connectivity index (χ4n) is 1.82. The topological polar surface area (TPSA) is 44.8 Å². The van der Waals surface area contributed by atoms with E-state index in [-0.39, 0.29) is 6.61 Å². The zero-order valence-corrected chi connectivity index (χ0v) is 12.6. The molecule has 1 aliphatic rings. The Balaban J connectivity index is 1.68. The quantitative estimate of drug-likeness (QED) is 0.455. The SMILES string of the molecule is O=C(Oc1ccc(I)cc1)[C@@H]1COc2ccccc2O1. The minimum atomic E-state index is -0.746. The number of carbonyl (C=O) groups excluding carboxylic acids is 1. The third kappa shape index (κ3) is 2.87. The number of rotatable bonds is 2. The van der Waals surface area contributed by atoms with Crippen LogP contribution in [0.1, 0.15) is 0 Å². The lowest BCUT2D eigenvalue weighted by molar-refractivity contribution is -0.144. The Bertz CT molecular complexity index is 624. The van der Waals surface area contributed by atoms with E-state index in [2.05, 4.69) is 22.6 Å². The van der Waals surface area contributed by atoms with Gasteiger partial charge in [0.15, 0.2) is 11.5 Å². The van der Waals surface area contributed by atoms with Crippen LogP contribution in [-0.4, -0.2) is 18.7 Å². The molecule has 0 saturated carbocycles. The van der Waals surface area contributed by atoms with Crippen molar-refractivity contribution >= 4 is 28.6 Å². The number of ether oxygens (including phenoxy) is 3. The number of halogens is 1. The first kappa shape index (κ1) is 13.2. The highest BCUT2D eigenvalue weighted by atomic mass is 127. The van der Waals surface area contributed by atoms with Crippen molar-refractivity contribution in [2.24, 2.45) is 0 Å². The largest absolute Gasteiger partial charge is 0.485 e. The van der Waals surface area contributed by atoms with Crippen LogP contribution in [0.25, 0.3) is 0 Å². The molecule has 2 aromatic carbocycles. The maximum Gasteiger partial charge on any atom is 0.356 e. The zero-order chi connectivity index (χ0) is 13.9. The van der Waals surface area contributed by atoms with Crippen LogP contribution in [0.15, 0.2) is 48.5 Å². The molecule has 2 aromatic rings. The van der Waals surface area contributed by atoms with E-state index in [1.807, 2.05) is 24.3 Å². The Morgan fingerprint density at radius 1 is 1.10 bits per heavy atom. The van der Waals surface area contributed by atoms with Gasteiger partial charge >= 0.3 is 5.97 Å². The highest BCUT2D eigenvalue weighted by Gasteiger charge is 2.29. The molecule has 4 nitrogen and oxygen atoms in total. The van der Waals surface area contributed by atoms with E-state index in [1.165, 1.54) is 0 Å². The monoisotopic (exact) mass is 382 g/mol. The molecule has 1 aliphatic heterocycles. The molecule has 0 unspecified atom stereocenters. The molecular weight excluding hydrogens is 371 g/mol. The van der Waals surface area contributed by atoms with Crippen molar-refractivity contribution in [2.45, 2.75) is 6.10 Å². The van der Waals surface area contributed by atoms with E-state index in [1.54, 1.807) is 24.3 Å². The van der Waals surface area contributed by atoms with Crippen molar-refractivity contribution in [2.75, 3.05) is 6.61 Å². The first-order valence-electron chi connectivity index (χ1n) is 6.08. The smallest absolute Gasteiger partial charge is 0.356 e. The van der Waals surface area contributed by atoms with Crippen molar-refractivity contribution in [3.8, 4) is 17.2 Å². The molecule has 0 fully saturated rings. The molecule has 3 rings (SSSR count). The van der Waals surface area contributed by atoms with Crippen LogP contribution in [0.5, 0.6) is 17.2 Å². The molecule has 5 heteroatoms. The van der Waals surface area contributed by atoms with E-state index in [4.69, 9.17) is 14.2 Å². The van der Waals surface area contributed by atoms with Crippen molar-refractivity contribution in [3.05, 3.63) is 52.1 Å². The van der Waals surface area contributed by atoms with Gasteiger partial charge in [-0.2, -0.15) is 0 Å². The Kier molecular flexibility index (Phi) is 3.77. The second kappa shape index (κ2) is 5.70. The lowest BCUT2D eigenvalue weighted by Crippen LogP contribution is -2.39. The molecule has 1 atom stereocenters. The number of hydrogen-bond donors (Lipinski definition) is 0. The Morgan fingerprint density at radius 3 is 2.55 bits per heavy atom. The predicted octanol–water partition coefficient (Wildman–Crippen LogP) is 3.04. The molecule has 0 N–H and O–H groups in total. The van der Waals surface area contributed by atoms with Crippen molar-refractivity contribution < 1.29 is 19.0 Å². The van der Waals surface area contributed by atoms with Crippen LogP contribution >= 0.6 is 22.6 Å². The fraction of sp³-hybridized carbons (Fsp3) is 0.133. The molecule has 20 heavy (non-hydrogen) atoms. The summed E-state index contributed by atoms with van der Waals surface area (Å²) in [4.78, 5) is 12.0. The summed E-state index contributed by atoms with van der Waals surface area (Å²) in [5.74, 6) is 1.24. The van der Waals surface area contributed by atoms with Gasteiger partial charge in [0.25, 0.3) is 0 Å². The van der Waals surface area contributed by atoms with Crippen molar-refractivity contribution in [1.82, 2.24) is 0 Å². The van der Waals surface area contributed by atoms with Crippen molar-refractivity contribution in [3.63, 3.8) is 0 Å². The second-order valence-electron chi connectivity index (χ2n) is 4.24. The number of benzene rings is 2. The van der Waals surface area contributed by atoms with E-state index >= 15 is 0 Å². The highest BCUT2D eigenvalue weighted by molar-refractivity contribution is 14.1. The predicted molar refractivity (Wildman–Crippen MR) is 81.1 cm³/mol. The van der Waals surface area contributed by atoms with Crippen molar-refractivity contribution in [1.29, 1.82) is 0 Å². The van der Waals surface area contributed by atoms with Gasteiger partial charge in [-0.05, 0) is 59.0 Å². The summed E-state index contributed by atoms with van der Waals surface area (Å²) in [6.07, 6.45) is -0.746. The van der Waals surface area contributed by atoms with Crippen LogP contribution in [-0.2, 0) is 4.79 Å². The third-order valence-electron chi connectivity index (χ3n) is 2.80. The van der Waals surface area contributed by atoms with Gasteiger partial charge in [-0.1, -0.05) is 12.1 Å². The van der Waals surface area contributed by atoms with Gasteiger partial charge in [-0.3, -0.25) is 0 Å². The van der Waals surface area contributed by atoms with Gasteiger partial charge in [0, 0.05) is 3.57 Å². The maximum atomic E-state index is 12.0. The van der Waals surface area contributed by atoms with Crippen LogP contribution in [0, 0.1) is 3.57 Å². The van der Waals surface area contributed by atoms with Gasteiger partial charge in [-0.15, -0.1) is 0 Å². The fourth-order valence-corrected chi connectivity index (χ4v) is 2.18. The number of para-hydroxylation sites is 2. The summed E-state index contributed by atoms with van der Waals surface area (Å²) < 4.78 is 17.4. The van der Waals surface area contributed by atoms with Gasteiger partial charge < -0.3 is 14.2 Å². The number of fused-ring (bicyclic) bond motifs is 1.